The average Bonchev–Trinajstić information content (AvgIpc) is 2.46. The van der Waals surface area contributed by atoms with Crippen LogP contribution < -0.4 is 0 Å². The van der Waals surface area contributed by atoms with Crippen molar-refractivity contribution in [3.05, 3.63) is 34.9 Å². The van der Waals surface area contributed by atoms with Crippen molar-refractivity contribution < 1.29 is 0 Å². The minimum Gasteiger partial charge on any atom is -0.301 e. The van der Waals surface area contributed by atoms with Gasteiger partial charge in [0.1, 0.15) is 0 Å². The summed E-state index contributed by atoms with van der Waals surface area (Å²) >= 11 is 0. The van der Waals surface area contributed by atoms with E-state index < -0.39 is 0 Å². The van der Waals surface area contributed by atoms with Crippen LogP contribution in [0.4, 0.5) is 0 Å². The molecule has 0 N–H and O–H groups in total. The second kappa shape index (κ2) is 5.89. The van der Waals surface area contributed by atoms with Crippen LogP contribution in [0, 0.1) is 12.8 Å². The van der Waals surface area contributed by atoms with Crippen molar-refractivity contribution in [2.24, 2.45) is 5.92 Å². The Morgan fingerprint density at radius 1 is 1.10 bits per heavy atom. The number of fused-ring (bicyclic) bond motifs is 1. The van der Waals surface area contributed by atoms with Crippen molar-refractivity contribution in [1.29, 1.82) is 0 Å². The Bertz CT molecular complexity index is 455. The van der Waals surface area contributed by atoms with Gasteiger partial charge in [-0.3, -0.25) is 0 Å². The zero-order valence-corrected chi connectivity index (χ0v) is 13.4. The lowest BCUT2D eigenvalue weighted by Gasteiger charge is -2.40. The topological polar surface area (TPSA) is 3.24 Å². The number of piperidine rings is 1. The average molecular weight is 271 g/mol. The van der Waals surface area contributed by atoms with Crippen LogP contribution >= 0.6 is 0 Å². The Labute approximate surface area is 124 Å². The van der Waals surface area contributed by atoms with E-state index in [9.17, 15) is 0 Å². The maximum Gasteiger partial charge on any atom is 0.00385 e. The first kappa shape index (κ1) is 14.1. The molecule has 1 aliphatic carbocycles. The van der Waals surface area contributed by atoms with Crippen LogP contribution in [0.2, 0.25) is 0 Å². The quantitative estimate of drug-likeness (QED) is 0.763. The molecule has 1 aromatic carbocycles. The molecule has 0 bridgehead atoms. The maximum atomic E-state index is 2.65. The largest absolute Gasteiger partial charge is 0.301 e. The lowest BCUT2D eigenvalue weighted by Crippen LogP contribution is -2.40. The number of rotatable bonds is 2. The zero-order valence-electron chi connectivity index (χ0n) is 13.4. The zero-order chi connectivity index (χ0) is 14.1. The molecule has 0 saturated carbocycles. The van der Waals surface area contributed by atoms with Gasteiger partial charge in [0.25, 0.3) is 0 Å². The van der Waals surface area contributed by atoms with Crippen molar-refractivity contribution in [3.63, 3.8) is 0 Å². The molecule has 1 heterocycles. The van der Waals surface area contributed by atoms with Gasteiger partial charge in [0, 0.05) is 6.04 Å². The van der Waals surface area contributed by atoms with Crippen LogP contribution in [0.15, 0.2) is 18.2 Å². The first-order valence-electron chi connectivity index (χ1n) is 8.48. The summed E-state index contributed by atoms with van der Waals surface area (Å²) in [6.07, 6.45) is 6.91. The van der Waals surface area contributed by atoms with E-state index in [2.05, 4.69) is 43.9 Å². The van der Waals surface area contributed by atoms with E-state index in [1.807, 2.05) is 0 Å². The molecule has 0 amide bonds. The summed E-state index contributed by atoms with van der Waals surface area (Å²) in [6, 6.07) is 7.88. The first-order valence-corrected chi connectivity index (χ1v) is 8.48. The molecular weight excluding hydrogens is 242 g/mol. The summed E-state index contributed by atoms with van der Waals surface area (Å²) in [5.74, 6) is 1.76. The monoisotopic (exact) mass is 271 g/mol. The Morgan fingerprint density at radius 2 is 1.85 bits per heavy atom. The highest BCUT2D eigenvalue weighted by atomic mass is 15.1. The van der Waals surface area contributed by atoms with Crippen LogP contribution in [0.1, 0.15) is 62.1 Å². The lowest BCUT2D eigenvalue weighted by molar-refractivity contribution is 0.133. The van der Waals surface area contributed by atoms with Crippen LogP contribution in [-0.2, 0) is 6.42 Å². The van der Waals surface area contributed by atoms with E-state index in [0.29, 0.717) is 0 Å². The molecule has 1 aliphatic heterocycles. The highest BCUT2D eigenvalue weighted by molar-refractivity contribution is 5.36. The molecule has 0 aromatic heterocycles. The third-order valence-corrected chi connectivity index (χ3v) is 5.54. The highest BCUT2D eigenvalue weighted by Crippen LogP contribution is 2.41. The van der Waals surface area contributed by atoms with Crippen molar-refractivity contribution >= 4 is 0 Å². The van der Waals surface area contributed by atoms with Crippen LogP contribution in [-0.4, -0.2) is 24.0 Å². The fourth-order valence-electron chi connectivity index (χ4n) is 4.28. The number of nitrogens with zero attached hydrogens (tertiary/aromatic N) is 1. The van der Waals surface area contributed by atoms with E-state index in [4.69, 9.17) is 0 Å². The highest BCUT2D eigenvalue weighted by Gasteiger charge is 2.31. The molecule has 0 spiro atoms. The molecular formula is C19H29N. The number of hydrogen-bond acceptors (Lipinski definition) is 1. The van der Waals surface area contributed by atoms with E-state index in [0.717, 1.165) is 17.9 Å². The van der Waals surface area contributed by atoms with Crippen LogP contribution in [0.5, 0.6) is 0 Å². The van der Waals surface area contributed by atoms with Gasteiger partial charge in [-0.15, -0.1) is 0 Å². The summed E-state index contributed by atoms with van der Waals surface area (Å²) in [7, 11) is 0. The molecule has 20 heavy (non-hydrogen) atoms. The van der Waals surface area contributed by atoms with Crippen molar-refractivity contribution in [3.8, 4) is 0 Å². The second-order valence-electron chi connectivity index (χ2n) is 7.17. The van der Waals surface area contributed by atoms with Crippen molar-refractivity contribution in [1.82, 2.24) is 4.90 Å². The molecule has 2 aliphatic rings. The predicted molar refractivity (Wildman–Crippen MR) is 86.3 cm³/mol. The Hall–Kier alpha value is -0.820. The molecule has 1 nitrogen and oxygen atoms in total. The molecule has 3 rings (SSSR count). The van der Waals surface area contributed by atoms with Gasteiger partial charge in [-0.05, 0) is 88.9 Å². The molecule has 1 fully saturated rings. The molecule has 0 radical (unpaired) electrons. The summed E-state index contributed by atoms with van der Waals surface area (Å²) in [6.45, 7) is 9.52. The molecule has 110 valence electrons. The Balaban J connectivity index is 1.75. The second-order valence-corrected chi connectivity index (χ2v) is 7.17. The summed E-state index contributed by atoms with van der Waals surface area (Å²) in [5.41, 5.74) is 4.77. The minimum atomic E-state index is 0.719. The molecule has 1 aromatic rings. The third-order valence-electron chi connectivity index (χ3n) is 5.54. The van der Waals surface area contributed by atoms with Crippen LogP contribution in [0.3, 0.4) is 0 Å². The SMILES string of the molecule is Cc1ccc2c(c1)C(C1CCN(C(C)C)CC1)CCC2. The number of benzene rings is 1. The minimum absolute atomic E-state index is 0.719. The first-order chi connectivity index (χ1) is 9.65. The number of hydrogen-bond donors (Lipinski definition) is 0. The predicted octanol–water partition coefficient (Wildman–Crippen LogP) is 4.54. The van der Waals surface area contributed by atoms with E-state index in [1.165, 1.54) is 50.8 Å². The van der Waals surface area contributed by atoms with Gasteiger partial charge < -0.3 is 4.90 Å². The Kier molecular flexibility index (Phi) is 4.16. The fraction of sp³-hybridized carbons (Fsp3) is 0.684. The van der Waals surface area contributed by atoms with Gasteiger partial charge in [0.05, 0.1) is 0 Å². The van der Waals surface area contributed by atoms with E-state index in [1.54, 1.807) is 11.1 Å². The van der Waals surface area contributed by atoms with E-state index >= 15 is 0 Å². The van der Waals surface area contributed by atoms with Crippen molar-refractivity contribution in [2.45, 2.75) is 64.8 Å². The molecule has 1 unspecified atom stereocenters. The summed E-state index contributed by atoms with van der Waals surface area (Å²) < 4.78 is 0. The van der Waals surface area contributed by atoms with Gasteiger partial charge in [-0.2, -0.15) is 0 Å². The van der Waals surface area contributed by atoms with Gasteiger partial charge in [-0.1, -0.05) is 23.8 Å². The normalized spacial score (nSPS) is 24.9. The van der Waals surface area contributed by atoms with Gasteiger partial charge in [0.15, 0.2) is 0 Å². The van der Waals surface area contributed by atoms with Crippen LogP contribution in [0.25, 0.3) is 0 Å². The van der Waals surface area contributed by atoms with Crippen molar-refractivity contribution in [2.75, 3.05) is 13.1 Å². The number of aryl methyl sites for hydroxylation is 2. The Morgan fingerprint density at radius 3 is 2.55 bits per heavy atom. The maximum absolute atomic E-state index is 2.65. The third kappa shape index (κ3) is 2.79. The van der Waals surface area contributed by atoms with E-state index in [-0.39, 0.29) is 0 Å². The summed E-state index contributed by atoms with van der Waals surface area (Å²) in [4.78, 5) is 2.65. The van der Waals surface area contributed by atoms with Gasteiger partial charge in [-0.25, -0.2) is 0 Å². The number of likely N-dealkylation sites (tertiary alicyclic amines) is 1. The molecule has 1 heteroatoms. The summed E-state index contributed by atoms with van der Waals surface area (Å²) in [5, 5.41) is 0. The molecule has 1 saturated heterocycles. The standard InChI is InChI=1S/C19H29N/c1-14(2)20-11-9-17(10-12-20)18-6-4-5-16-8-7-15(3)13-19(16)18/h7-8,13-14,17-18H,4-6,9-12H2,1-3H3. The van der Waals surface area contributed by atoms with Gasteiger partial charge >= 0.3 is 0 Å². The van der Waals surface area contributed by atoms with Gasteiger partial charge in [0.2, 0.25) is 0 Å². The lowest BCUT2D eigenvalue weighted by atomic mass is 9.72. The molecule has 1 atom stereocenters. The smallest absolute Gasteiger partial charge is 0.00385 e. The fourth-order valence-corrected chi connectivity index (χ4v) is 4.28.